The van der Waals surface area contributed by atoms with Crippen molar-refractivity contribution < 1.29 is 9.59 Å². The van der Waals surface area contributed by atoms with Gasteiger partial charge < -0.3 is 10.2 Å². The summed E-state index contributed by atoms with van der Waals surface area (Å²) in [4.78, 5) is 27.2. The standard InChI is InChI=1S/C16H22N2O2S/c1-2-3-13-8-12(10-21-13)15(20)18-6-4-16(5-7-18)9-14(19)17-11-16/h8,10H,2-7,9,11H2,1H3,(H,17,19). The van der Waals surface area contributed by atoms with Crippen molar-refractivity contribution in [1.82, 2.24) is 10.2 Å². The fourth-order valence-corrected chi connectivity index (χ4v) is 4.31. The first kappa shape index (κ1) is 14.6. The number of hydrogen-bond donors (Lipinski definition) is 1. The summed E-state index contributed by atoms with van der Waals surface area (Å²) in [5.41, 5.74) is 0.940. The summed E-state index contributed by atoms with van der Waals surface area (Å²) in [5, 5.41) is 4.92. The summed E-state index contributed by atoms with van der Waals surface area (Å²) in [6, 6.07) is 2.04. The van der Waals surface area contributed by atoms with Crippen LogP contribution >= 0.6 is 11.3 Å². The Hall–Kier alpha value is -1.36. The fourth-order valence-electron chi connectivity index (χ4n) is 3.34. The second kappa shape index (κ2) is 5.79. The Labute approximate surface area is 129 Å². The van der Waals surface area contributed by atoms with E-state index in [4.69, 9.17) is 0 Å². The van der Waals surface area contributed by atoms with Crippen LogP contribution in [0, 0.1) is 5.41 Å². The lowest BCUT2D eigenvalue weighted by molar-refractivity contribution is -0.119. The lowest BCUT2D eigenvalue weighted by Crippen LogP contribution is -2.43. The average Bonchev–Trinajstić information content (AvgIpc) is 3.07. The molecule has 4 nitrogen and oxygen atoms in total. The minimum absolute atomic E-state index is 0.107. The summed E-state index contributed by atoms with van der Waals surface area (Å²) in [7, 11) is 0. The predicted molar refractivity (Wildman–Crippen MR) is 83.5 cm³/mol. The minimum atomic E-state index is 0.107. The first-order valence-electron chi connectivity index (χ1n) is 7.75. The van der Waals surface area contributed by atoms with E-state index in [1.54, 1.807) is 11.3 Å². The first-order valence-corrected chi connectivity index (χ1v) is 8.63. The van der Waals surface area contributed by atoms with Crippen molar-refractivity contribution in [2.45, 2.75) is 39.0 Å². The summed E-state index contributed by atoms with van der Waals surface area (Å²) < 4.78 is 0. The van der Waals surface area contributed by atoms with Gasteiger partial charge in [-0.15, -0.1) is 11.3 Å². The van der Waals surface area contributed by atoms with Gasteiger partial charge in [0.1, 0.15) is 0 Å². The Kier molecular flexibility index (Phi) is 4.02. The van der Waals surface area contributed by atoms with Crippen molar-refractivity contribution in [3.8, 4) is 0 Å². The molecule has 1 aromatic rings. The number of hydrogen-bond acceptors (Lipinski definition) is 3. The van der Waals surface area contributed by atoms with Gasteiger partial charge in [0, 0.05) is 36.3 Å². The maximum atomic E-state index is 12.5. The zero-order valence-corrected chi connectivity index (χ0v) is 13.3. The maximum absolute atomic E-state index is 12.5. The highest BCUT2D eigenvalue weighted by Crippen LogP contribution is 2.37. The number of nitrogens with one attached hydrogen (secondary N) is 1. The van der Waals surface area contributed by atoms with E-state index in [0.29, 0.717) is 6.42 Å². The molecule has 3 rings (SSSR count). The van der Waals surface area contributed by atoms with Crippen LogP contribution in [0.4, 0.5) is 0 Å². The van der Waals surface area contributed by atoms with Gasteiger partial charge in [0.2, 0.25) is 5.91 Å². The summed E-state index contributed by atoms with van der Waals surface area (Å²) in [6.45, 7) is 4.48. The third-order valence-electron chi connectivity index (χ3n) is 4.70. The van der Waals surface area contributed by atoms with Crippen LogP contribution in [0.2, 0.25) is 0 Å². The minimum Gasteiger partial charge on any atom is -0.356 e. The van der Waals surface area contributed by atoms with E-state index in [1.165, 1.54) is 4.88 Å². The number of piperidine rings is 1. The van der Waals surface area contributed by atoms with E-state index >= 15 is 0 Å². The number of amides is 2. The van der Waals surface area contributed by atoms with Gasteiger partial charge in [-0.1, -0.05) is 13.3 Å². The van der Waals surface area contributed by atoms with Gasteiger partial charge >= 0.3 is 0 Å². The number of carbonyl (C=O) groups excluding carboxylic acids is 2. The monoisotopic (exact) mass is 306 g/mol. The molecule has 1 aromatic heterocycles. The average molecular weight is 306 g/mol. The third kappa shape index (κ3) is 2.98. The molecule has 0 bridgehead atoms. The number of nitrogens with zero attached hydrogens (tertiary/aromatic N) is 1. The van der Waals surface area contributed by atoms with E-state index in [-0.39, 0.29) is 17.2 Å². The molecule has 21 heavy (non-hydrogen) atoms. The number of rotatable bonds is 3. The normalized spacial score (nSPS) is 20.8. The molecule has 2 aliphatic rings. The Morgan fingerprint density at radius 3 is 2.81 bits per heavy atom. The van der Waals surface area contributed by atoms with Crippen LogP contribution in [-0.2, 0) is 11.2 Å². The molecular weight excluding hydrogens is 284 g/mol. The van der Waals surface area contributed by atoms with Crippen LogP contribution in [0.15, 0.2) is 11.4 Å². The highest BCUT2D eigenvalue weighted by atomic mass is 32.1. The van der Waals surface area contributed by atoms with Crippen molar-refractivity contribution in [3.63, 3.8) is 0 Å². The van der Waals surface area contributed by atoms with Crippen molar-refractivity contribution in [2.75, 3.05) is 19.6 Å². The van der Waals surface area contributed by atoms with Gasteiger partial charge in [-0.2, -0.15) is 0 Å². The SMILES string of the molecule is CCCc1cc(C(=O)N2CCC3(CC2)CNC(=O)C3)cs1. The van der Waals surface area contributed by atoms with E-state index in [0.717, 1.165) is 50.9 Å². The van der Waals surface area contributed by atoms with E-state index in [1.807, 2.05) is 16.3 Å². The Morgan fingerprint density at radius 1 is 1.43 bits per heavy atom. The van der Waals surface area contributed by atoms with E-state index in [9.17, 15) is 9.59 Å². The molecule has 0 aliphatic carbocycles. The molecule has 5 heteroatoms. The molecule has 1 spiro atoms. The molecule has 2 saturated heterocycles. The van der Waals surface area contributed by atoms with Crippen LogP contribution in [0.1, 0.15) is 47.8 Å². The topological polar surface area (TPSA) is 49.4 Å². The second-order valence-electron chi connectivity index (χ2n) is 6.30. The van der Waals surface area contributed by atoms with Crippen LogP contribution in [0.3, 0.4) is 0 Å². The van der Waals surface area contributed by atoms with Crippen LogP contribution in [0.25, 0.3) is 0 Å². The molecule has 0 atom stereocenters. The molecule has 2 fully saturated rings. The molecule has 3 heterocycles. The molecule has 0 radical (unpaired) electrons. The zero-order chi connectivity index (χ0) is 14.9. The lowest BCUT2D eigenvalue weighted by Gasteiger charge is -2.38. The van der Waals surface area contributed by atoms with Gasteiger partial charge in [-0.3, -0.25) is 9.59 Å². The zero-order valence-electron chi connectivity index (χ0n) is 12.5. The van der Waals surface area contributed by atoms with Gasteiger partial charge in [0.15, 0.2) is 0 Å². The van der Waals surface area contributed by atoms with Crippen molar-refractivity contribution in [2.24, 2.45) is 5.41 Å². The van der Waals surface area contributed by atoms with Crippen molar-refractivity contribution in [1.29, 1.82) is 0 Å². The van der Waals surface area contributed by atoms with Gasteiger partial charge in [-0.05, 0) is 30.7 Å². The Balaban J connectivity index is 1.60. The van der Waals surface area contributed by atoms with Gasteiger partial charge in [-0.25, -0.2) is 0 Å². The summed E-state index contributed by atoms with van der Waals surface area (Å²) >= 11 is 1.68. The molecule has 2 aliphatic heterocycles. The summed E-state index contributed by atoms with van der Waals surface area (Å²) in [6.07, 6.45) is 4.66. The van der Waals surface area contributed by atoms with Crippen molar-refractivity contribution in [3.05, 3.63) is 21.9 Å². The van der Waals surface area contributed by atoms with Crippen molar-refractivity contribution >= 4 is 23.2 Å². The predicted octanol–water partition coefficient (Wildman–Crippen LogP) is 2.44. The van der Waals surface area contributed by atoms with Crippen LogP contribution in [-0.4, -0.2) is 36.3 Å². The smallest absolute Gasteiger partial charge is 0.254 e. The molecule has 0 aromatic carbocycles. The molecule has 0 unspecified atom stereocenters. The molecule has 1 N–H and O–H groups in total. The summed E-state index contributed by atoms with van der Waals surface area (Å²) in [5.74, 6) is 0.317. The van der Waals surface area contributed by atoms with Crippen LogP contribution in [0.5, 0.6) is 0 Å². The van der Waals surface area contributed by atoms with E-state index < -0.39 is 0 Å². The number of thiophene rings is 1. The Morgan fingerprint density at radius 2 is 2.19 bits per heavy atom. The first-order chi connectivity index (χ1) is 10.1. The largest absolute Gasteiger partial charge is 0.356 e. The maximum Gasteiger partial charge on any atom is 0.254 e. The molecule has 0 saturated carbocycles. The molecule has 2 amide bonds. The molecule has 114 valence electrons. The molecular formula is C16H22N2O2S. The van der Waals surface area contributed by atoms with Crippen LogP contribution < -0.4 is 5.32 Å². The Bertz CT molecular complexity index is 544. The third-order valence-corrected chi connectivity index (χ3v) is 5.70. The van der Waals surface area contributed by atoms with Gasteiger partial charge in [0.25, 0.3) is 5.91 Å². The second-order valence-corrected chi connectivity index (χ2v) is 7.29. The lowest BCUT2D eigenvalue weighted by atomic mass is 9.77. The quantitative estimate of drug-likeness (QED) is 0.932. The van der Waals surface area contributed by atoms with Gasteiger partial charge in [0.05, 0.1) is 5.56 Å². The number of carbonyl (C=O) groups is 2. The number of likely N-dealkylation sites (tertiary alicyclic amines) is 1. The highest BCUT2D eigenvalue weighted by molar-refractivity contribution is 7.10. The van der Waals surface area contributed by atoms with E-state index in [2.05, 4.69) is 12.2 Å². The fraction of sp³-hybridized carbons (Fsp3) is 0.625. The highest BCUT2D eigenvalue weighted by Gasteiger charge is 2.41. The number of aryl methyl sites for hydroxylation is 1.